The summed E-state index contributed by atoms with van der Waals surface area (Å²) in [5.74, 6) is 0.293. The largest absolute Gasteiger partial charge is 0.310 e. The highest BCUT2D eigenvalue weighted by Crippen LogP contribution is 2.10. The number of nitriles is 1. The third-order valence-corrected chi connectivity index (χ3v) is 2.28. The van der Waals surface area contributed by atoms with Crippen LogP contribution in [0.5, 0.6) is 0 Å². The predicted molar refractivity (Wildman–Crippen MR) is 62.2 cm³/mol. The molecular weight excluding hydrogens is 186 g/mol. The van der Waals surface area contributed by atoms with Gasteiger partial charge in [0, 0.05) is 7.05 Å². The summed E-state index contributed by atoms with van der Waals surface area (Å²) in [6.45, 7) is 4.06. The smallest absolute Gasteiger partial charge is 0.115 e. The summed E-state index contributed by atoms with van der Waals surface area (Å²) in [7, 11) is 1.92. The average molecular weight is 203 g/mol. The second-order valence-corrected chi connectivity index (χ2v) is 3.87. The number of hydrogen-bond acceptors (Lipinski definition) is 3. The molecule has 1 aromatic carbocycles. The summed E-state index contributed by atoms with van der Waals surface area (Å²) in [5.41, 5.74) is 4.21. The number of hydrogen-bond donors (Lipinski definition) is 1. The van der Waals surface area contributed by atoms with Crippen molar-refractivity contribution >= 4 is 5.69 Å². The van der Waals surface area contributed by atoms with E-state index in [1.54, 1.807) is 0 Å². The molecule has 0 radical (unpaired) electrons. The average Bonchev–Trinajstić information content (AvgIpc) is 2.26. The molecule has 1 N–H and O–H groups in total. The van der Waals surface area contributed by atoms with Gasteiger partial charge in [0.2, 0.25) is 0 Å². The molecule has 1 rings (SSSR count). The first-order valence-corrected chi connectivity index (χ1v) is 5.09. The highest BCUT2D eigenvalue weighted by molar-refractivity contribution is 5.44. The van der Waals surface area contributed by atoms with E-state index >= 15 is 0 Å². The molecule has 0 fully saturated rings. The summed E-state index contributed by atoms with van der Waals surface area (Å²) < 4.78 is 0. The molecule has 3 heteroatoms. The number of rotatable bonds is 4. The molecule has 0 bridgehead atoms. The number of nitrogens with zero attached hydrogens (tertiary/aromatic N) is 2. The fourth-order valence-electron chi connectivity index (χ4n) is 1.26. The van der Waals surface area contributed by atoms with Gasteiger partial charge in [-0.3, -0.25) is 0 Å². The third-order valence-electron chi connectivity index (χ3n) is 2.28. The fraction of sp³-hybridized carbons (Fsp3) is 0.417. The van der Waals surface area contributed by atoms with Crippen molar-refractivity contribution in [1.29, 1.82) is 5.26 Å². The van der Waals surface area contributed by atoms with Crippen molar-refractivity contribution in [3.63, 3.8) is 0 Å². The maximum atomic E-state index is 8.95. The van der Waals surface area contributed by atoms with Crippen LogP contribution in [0.3, 0.4) is 0 Å². The molecule has 1 aromatic rings. The van der Waals surface area contributed by atoms with Crippen LogP contribution in [0.15, 0.2) is 30.3 Å². The van der Waals surface area contributed by atoms with Crippen LogP contribution in [0.2, 0.25) is 0 Å². The SMILES string of the molecule is CC(C)C(C#N)NN(C)c1ccccc1. The maximum Gasteiger partial charge on any atom is 0.115 e. The molecule has 15 heavy (non-hydrogen) atoms. The van der Waals surface area contributed by atoms with Crippen LogP contribution in [-0.2, 0) is 0 Å². The molecule has 0 aliphatic rings. The number of benzene rings is 1. The van der Waals surface area contributed by atoms with Gasteiger partial charge in [-0.25, -0.2) is 5.43 Å². The summed E-state index contributed by atoms with van der Waals surface area (Å²) in [6, 6.07) is 12.0. The zero-order valence-corrected chi connectivity index (χ0v) is 9.44. The van der Waals surface area contributed by atoms with E-state index in [0.29, 0.717) is 5.92 Å². The molecule has 0 aromatic heterocycles. The van der Waals surface area contributed by atoms with E-state index in [4.69, 9.17) is 5.26 Å². The molecule has 1 atom stereocenters. The van der Waals surface area contributed by atoms with E-state index < -0.39 is 0 Å². The van der Waals surface area contributed by atoms with Crippen molar-refractivity contribution in [3.05, 3.63) is 30.3 Å². The van der Waals surface area contributed by atoms with Gasteiger partial charge in [0.05, 0.1) is 11.8 Å². The molecule has 0 spiro atoms. The van der Waals surface area contributed by atoms with E-state index in [1.165, 1.54) is 0 Å². The van der Waals surface area contributed by atoms with Gasteiger partial charge < -0.3 is 5.01 Å². The van der Waals surface area contributed by atoms with Gasteiger partial charge in [-0.05, 0) is 18.1 Å². The zero-order valence-electron chi connectivity index (χ0n) is 9.44. The highest BCUT2D eigenvalue weighted by Gasteiger charge is 2.13. The Labute approximate surface area is 91.3 Å². The molecule has 0 aliphatic carbocycles. The predicted octanol–water partition coefficient (Wildman–Crippen LogP) is 2.18. The Kier molecular flexibility index (Phi) is 4.14. The molecule has 1 unspecified atom stereocenters. The van der Waals surface area contributed by atoms with Crippen molar-refractivity contribution < 1.29 is 0 Å². The Hall–Kier alpha value is -1.53. The van der Waals surface area contributed by atoms with Crippen molar-refractivity contribution in [2.45, 2.75) is 19.9 Å². The lowest BCUT2D eigenvalue weighted by atomic mass is 10.1. The van der Waals surface area contributed by atoms with Crippen molar-refractivity contribution in [2.75, 3.05) is 12.1 Å². The van der Waals surface area contributed by atoms with Crippen LogP contribution in [0.25, 0.3) is 0 Å². The summed E-state index contributed by atoms with van der Waals surface area (Å²) in [4.78, 5) is 0. The van der Waals surface area contributed by atoms with E-state index in [9.17, 15) is 0 Å². The van der Waals surface area contributed by atoms with Crippen LogP contribution in [0, 0.1) is 17.2 Å². The standard InChI is InChI=1S/C12H17N3/c1-10(2)12(9-13)14-15(3)11-7-5-4-6-8-11/h4-8,10,12,14H,1-3H3. The molecule has 0 amide bonds. The molecular formula is C12H17N3. The number of para-hydroxylation sites is 1. The third kappa shape index (κ3) is 3.26. The zero-order chi connectivity index (χ0) is 11.3. The van der Waals surface area contributed by atoms with Crippen LogP contribution in [-0.4, -0.2) is 13.1 Å². The van der Waals surface area contributed by atoms with Gasteiger partial charge in [-0.1, -0.05) is 32.0 Å². The maximum absolute atomic E-state index is 8.95. The van der Waals surface area contributed by atoms with E-state index in [2.05, 4.69) is 11.5 Å². The Balaban J connectivity index is 2.64. The molecule has 0 saturated heterocycles. The first-order chi connectivity index (χ1) is 7.15. The minimum absolute atomic E-state index is 0.157. The monoisotopic (exact) mass is 203 g/mol. The first kappa shape index (κ1) is 11.5. The Morgan fingerprint density at radius 1 is 1.27 bits per heavy atom. The first-order valence-electron chi connectivity index (χ1n) is 5.09. The Morgan fingerprint density at radius 2 is 1.87 bits per heavy atom. The molecule has 0 saturated carbocycles. The lowest BCUT2D eigenvalue weighted by Crippen LogP contribution is -2.44. The van der Waals surface area contributed by atoms with Crippen LogP contribution in [0.1, 0.15) is 13.8 Å². The fourth-order valence-corrected chi connectivity index (χ4v) is 1.26. The quantitative estimate of drug-likeness (QED) is 0.762. The molecule has 80 valence electrons. The Morgan fingerprint density at radius 3 is 2.33 bits per heavy atom. The van der Waals surface area contributed by atoms with E-state index in [1.807, 2.05) is 56.2 Å². The minimum atomic E-state index is -0.157. The topological polar surface area (TPSA) is 39.1 Å². The van der Waals surface area contributed by atoms with Gasteiger partial charge >= 0.3 is 0 Å². The van der Waals surface area contributed by atoms with Crippen LogP contribution in [0.4, 0.5) is 5.69 Å². The summed E-state index contributed by atoms with van der Waals surface area (Å²) >= 11 is 0. The summed E-state index contributed by atoms with van der Waals surface area (Å²) in [6.07, 6.45) is 0. The van der Waals surface area contributed by atoms with Crippen LogP contribution >= 0.6 is 0 Å². The highest BCUT2D eigenvalue weighted by atomic mass is 15.5. The Bertz CT molecular complexity index is 326. The van der Waals surface area contributed by atoms with E-state index in [0.717, 1.165) is 5.69 Å². The second-order valence-electron chi connectivity index (χ2n) is 3.87. The van der Waals surface area contributed by atoms with Gasteiger partial charge in [0.1, 0.15) is 6.04 Å². The second kappa shape index (κ2) is 5.38. The lowest BCUT2D eigenvalue weighted by molar-refractivity contribution is 0.469. The minimum Gasteiger partial charge on any atom is -0.310 e. The van der Waals surface area contributed by atoms with Gasteiger partial charge in [-0.15, -0.1) is 0 Å². The van der Waals surface area contributed by atoms with Gasteiger partial charge in [-0.2, -0.15) is 5.26 Å². The lowest BCUT2D eigenvalue weighted by Gasteiger charge is -2.25. The molecule has 0 aliphatic heterocycles. The molecule has 0 heterocycles. The van der Waals surface area contributed by atoms with Crippen molar-refractivity contribution in [3.8, 4) is 6.07 Å². The van der Waals surface area contributed by atoms with Crippen molar-refractivity contribution in [2.24, 2.45) is 5.92 Å². The van der Waals surface area contributed by atoms with Gasteiger partial charge in [0.15, 0.2) is 0 Å². The van der Waals surface area contributed by atoms with Crippen LogP contribution < -0.4 is 10.4 Å². The summed E-state index contributed by atoms with van der Waals surface area (Å²) in [5, 5.41) is 10.8. The number of anilines is 1. The normalized spacial score (nSPS) is 12.2. The van der Waals surface area contributed by atoms with Crippen molar-refractivity contribution in [1.82, 2.24) is 5.43 Å². The number of nitrogens with one attached hydrogen (secondary N) is 1. The van der Waals surface area contributed by atoms with Gasteiger partial charge in [0.25, 0.3) is 0 Å². The molecule has 3 nitrogen and oxygen atoms in total. The van der Waals surface area contributed by atoms with E-state index in [-0.39, 0.29) is 6.04 Å². The number of hydrazine groups is 1.